The lowest BCUT2D eigenvalue weighted by Crippen LogP contribution is -2.49. The fraction of sp³-hybridized carbons (Fsp3) is 0.455. The molecule has 0 radical (unpaired) electrons. The van der Waals surface area contributed by atoms with Crippen molar-refractivity contribution >= 4 is 16.9 Å². The van der Waals surface area contributed by atoms with Crippen molar-refractivity contribution in [3.05, 3.63) is 94.2 Å². The number of nitrogens with zero attached hydrogens (tertiary/aromatic N) is 5. The van der Waals surface area contributed by atoms with Gasteiger partial charge < -0.3 is 9.47 Å². The number of likely N-dealkylation sites (tertiary alicyclic amines) is 1. The molecule has 0 saturated carbocycles. The number of rotatable bonds is 6. The van der Waals surface area contributed by atoms with Crippen LogP contribution < -0.4 is 5.43 Å². The van der Waals surface area contributed by atoms with Crippen molar-refractivity contribution < 1.29 is 4.79 Å². The van der Waals surface area contributed by atoms with Crippen molar-refractivity contribution in [2.45, 2.75) is 75.4 Å². The number of imidazole rings is 1. The van der Waals surface area contributed by atoms with Crippen molar-refractivity contribution in [1.29, 1.82) is 0 Å². The zero-order chi connectivity index (χ0) is 28.0. The molecule has 8 nitrogen and oxygen atoms in total. The molecule has 1 N–H and O–H groups in total. The van der Waals surface area contributed by atoms with Crippen LogP contribution in [0.1, 0.15) is 72.7 Å². The summed E-state index contributed by atoms with van der Waals surface area (Å²) in [4.78, 5) is 34.9. The molecule has 3 aliphatic heterocycles. The largest absolute Gasteiger partial charge is 0.338 e. The highest BCUT2D eigenvalue weighted by Gasteiger charge is 2.44. The second-order valence-electron chi connectivity index (χ2n) is 12.3. The van der Waals surface area contributed by atoms with Crippen LogP contribution >= 0.6 is 0 Å². The lowest BCUT2D eigenvalue weighted by atomic mass is 9.70. The Labute approximate surface area is 240 Å². The summed E-state index contributed by atoms with van der Waals surface area (Å²) in [6, 6.07) is 21.1. The number of hydrogen-bond donors (Lipinski definition) is 1. The number of aryl methyl sites for hydroxylation is 1. The molecule has 212 valence electrons. The zero-order valence-electron chi connectivity index (χ0n) is 23.7. The molecule has 2 aromatic carbocycles. The number of H-pyrrole nitrogens is 1. The number of aromatic nitrogens is 4. The molecule has 5 heterocycles. The maximum Gasteiger partial charge on any atom is 0.259 e. The van der Waals surface area contributed by atoms with Gasteiger partial charge in [-0.05, 0) is 81.5 Å². The van der Waals surface area contributed by atoms with E-state index in [-0.39, 0.29) is 22.3 Å². The highest BCUT2D eigenvalue weighted by molar-refractivity contribution is 5.93. The quantitative estimate of drug-likeness (QED) is 0.371. The van der Waals surface area contributed by atoms with Crippen LogP contribution in [-0.2, 0) is 5.41 Å². The van der Waals surface area contributed by atoms with Gasteiger partial charge in [0.25, 0.3) is 5.91 Å². The van der Waals surface area contributed by atoms with Crippen LogP contribution in [0.25, 0.3) is 11.0 Å². The fourth-order valence-corrected chi connectivity index (χ4v) is 8.08. The second-order valence-corrected chi connectivity index (χ2v) is 12.3. The van der Waals surface area contributed by atoms with Gasteiger partial charge in [-0.3, -0.25) is 19.6 Å². The van der Waals surface area contributed by atoms with Crippen LogP contribution in [0.5, 0.6) is 0 Å². The molecule has 3 aliphatic rings. The molecular weight excluding hydrogens is 512 g/mol. The lowest BCUT2D eigenvalue weighted by Gasteiger charge is -2.45. The van der Waals surface area contributed by atoms with E-state index in [1.54, 1.807) is 0 Å². The molecule has 2 atom stereocenters. The van der Waals surface area contributed by atoms with Crippen LogP contribution in [0.3, 0.4) is 0 Å². The summed E-state index contributed by atoms with van der Waals surface area (Å²) in [5.41, 5.74) is 3.61. The first-order valence-corrected chi connectivity index (χ1v) is 15.1. The van der Waals surface area contributed by atoms with E-state index < -0.39 is 0 Å². The average molecular weight is 551 g/mol. The van der Waals surface area contributed by atoms with Gasteiger partial charge >= 0.3 is 0 Å². The normalized spacial score (nSPS) is 24.1. The number of nitrogens with one attached hydrogen (secondary N) is 1. The minimum atomic E-state index is -0.327. The monoisotopic (exact) mass is 550 g/mol. The third-order valence-corrected chi connectivity index (χ3v) is 10.2. The van der Waals surface area contributed by atoms with Crippen LogP contribution in [-0.4, -0.2) is 67.2 Å². The molecule has 4 aromatic rings. The van der Waals surface area contributed by atoms with E-state index in [2.05, 4.69) is 81.2 Å². The molecular formula is C33H38N6O2. The molecule has 2 unspecified atom stereocenters. The van der Waals surface area contributed by atoms with E-state index >= 15 is 0 Å². The summed E-state index contributed by atoms with van der Waals surface area (Å²) in [5.74, 6) is 0.930. The third kappa shape index (κ3) is 4.68. The maximum atomic E-state index is 13.2. The van der Waals surface area contributed by atoms with E-state index in [4.69, 9.17) is 4.98 Å². The highest BCUT2D eigenvalue weighted by Crippen LogP contribution is 2.45. The van der Waals surface area contributed by atoms with E-state index in [9.17, 15) is 9.59 Å². The number of piperidine rings is 2. The Morgan fingerprint density at radius 2 is 1.68 bits per heavy atom. The van der Waals surface area contributed by atoms with Crippen molar-refractivity contribution in [3.8, 4) is 0 Å². The molecule has 2 aromatic heterocycles. The molecule has 41 heavy (non-hydrogen) atoms. The van der Waals surface area contributed by atoms with Gasteiger partial charge in [-0.1, -0.05) is 42.5 Å². The van der Waals surface area contributed by atoms with E-state index in [1.165, 1.54) is 49.2 Å². The van der Waals surface area contributed by atoms with Crippen LogP contribution in [0.15, 0.2) is 71.8 Å². The van der Waals surface area contributed by atoms with E-state index in [0.717, 1.165) is 37.1 Å². The number of fused-ring (bicyclic) bond motifs is 3. The number of aromatic amines is 1. The number of carbonyl (C=O) groups is 1. The summed E-state index contributed by atoms with van der Waals surface area (Å²) in [6.45, 7) is 4.53. The van der Waals surface area contributed by atoms with Gasteiger partial charge in [0, 0.05) is 37.4 Å². The van der Waals surface area contributed by atoms with Crippen molar-refractivity contribution in [2.75, 3.05) is 19.6 Å². The van der Waals surface area contributed by atoms with Gasteiger partial charge in [-0.25, -0.2) is 4.98 Å². The standard InChI is InChI=1S/C33H38N6O2/c1-23-36-29-9-5-6-10-30(29)39(23)27-19-25-11-12-26(20-27)38(25)18-15-33(24-7-3-2-4-8-24)13-16-37(17-14-33)32(41)28-21-34-35-22-31(28)40/h2-10,21-22,25-27H,11-20H2,1H3,(H,34,40). The number of carbonyl (C=O) groups excluding carboxylic acids is 1. The lowest BCUT2D eigenvalue weighted by molar-refractivity contribution is 0.0605. The second kappa shape index (κ2) is 10.6. The Kier molecular flexibility index (Phi) is 6.73. The minimum absolute atomic E-state index is 0.0239. The maximum absolute atomic E-state index is 13.2. The van der Waals surface area contributed by atoms with Crippen molar-refractivity contribution in [3.63, 3.8) is 0 Å². The molecule has 1 amide bonds. The van der Waals surface area contributed by atoms with Crippen molar-refractivity contribution in [1.82, 2.24) is 29.5 Å². The van der Waals surface area contributed by atoms with Crippen LogP contribution in [0, 0.1) is 6.92 Å². The summed E-state index contributed by atoms with van der Waals surface area (Å²) >= 11 is 0. The minimum Gasteiger partial charge on any atom is -0.338 e. The van der Waals surface area contributed by atoms with Crippen LogP contribution in [0.2, 0.25) is 0 Å². The smallest absolute Gasteiger partial charge is 0.259 e. The van der Waals surface area contributed by atoms with Gasteiger partial charge in [0.2, 0.25) is 5.43 Å². The van der Waals surface area contributed by atoms with Gasteiger partial charge in [0.15, 0.2) is 0 Å². The molecule has 0 aliphatic carbocycles. The summed E-state index contributed by atoms with van der Waals surface area (Å²) in [6.07, 6.45) is 10.4. The third-order valence-electron chi connectivity index (χ3n) is 10.2. The first-order valence-electron chi connectivity index (χ1n) is 15.1. The Bertz CT molecular complexity index is 1590. The Hall–Kier alpha value is -3.78. The molecule has 2 bridgehead atoms. The van der Waals surface area contributed by atoms with E-state index in [1.807, 2.05) is 4.90 Å². The Morgan fingerprint density at radius 3 is 2.41 bits per heavy atom. The predicted octanol–water partition coefficient (Wildman–Crippen LogP) is 4.86. The summed E-state index contributed by atoms with van der Waals surface area (Å²) < 4.78 is 2.50. The van der Waals surface area contributed by atoms with E-state index in [0.29, 0.717) is 31.2 Å². The number of para-hydroxylation sites is 2. The van der Waals surface area contributed by atoms with Crippen molar-refractivity contribution in [2.24, 2.45) is 0 Å². The first kappa shape index (κ1) is 26.1. The van der Waals surface area contributed by atoms with Crippen LogP contribution in [0.4, 0.5) is 0 Å². The average Bonchev–Trinajstić information content (AvgIpc) is 3.47. The fourth-order valence-electron chi connectivity index (χ4n) is 8.08. The molecule has 3 saturated heterocycles. The Morgan fingerprint density at radius 1 is 0.976 bits per heavy atom. The molecule has 7 rings (SSSR count). The number of amides is 1. The first-order chi connectivity index (χ1) is 20.0. The molecule has 0 spiro atoms. The van der Waals surface area contributed by atoms with Gasteiger partial charge in [-0.15, -0.1) is 0 Å². The zero-order valence-corrected chi connectivity index (χ0v) is 23.7. The summed E-state index contributed by atoms with van der Waals surface area (Å²) in [5, 5.41) is 6.39. The number of benzene rings is 2. The molecule has 3 fully saturated rings. The molecule has 8 heteroatoms. The predicted molar refractivity (Wildman–Crippen MR) is 159 cm³/mol. The van der Waals surface area contributed by atoms with Gasteiger partial charge in [0.1, 0.15) is 11.4 Å². The summed E-state index contributed by atoms with van der Waals surface area (Å²) in [7, 11) is 0. The SMILES string of the molecule is Cc1nc2ccccc2n1C1CC2CCC(C1)N2CCC1(c2ccccc2)CCN(C(=O)c2c[nH]ncc2=O)CC1. The van der Waals surface area contributed by atoms with Gasteiger partial charge in [-0.2, -0.15) is 5.10 Å². The topological polar surface area (TPSA) is 87.1 Å². The van der Waals surface area contributed by atoms with Gasteiger partial charge in [0.05, 0.1) is 17.2 Å². The highest BCUT2D eigenvalue weighted by atomic mass is 16.2. The Balaban J connectivity index is 1.07. The number of hydrogen-bond acceptors (Lipinski definition) is 5.